The molecule has 0 saturated carbocycles. The van der Waals surface area contributed by atoms with Gasteiger partial charge in [0.15, 0.2) is 0 Å². The van der Waals surface area contributed by atoms with Crippen LogP contribution in [0.3, 0.4) is 0 Å². The largest absolute Gasteiger partial charge is 0.474 e. The minimum absolute atomic E-state index is 0.0438. The summed E-state index contributed by atoms with van der Waals surface area (Å²) >= 11 is 0. The summed E-state index contributed by atoms with van der Waals surface area (Å²) in [5, 5.41) is 22.4. The average molecular weight is 308 g/mol. The predicted molar refractivity (Wildman–Crippen MR) is 82.3 cm³/mol. The van der Waals surface area contributed by atoms with Crippen molar-refractivity contribution in [1.82, 2.24) is 15.3 Å². The van der Waals surface area contributed by atoms with Gasteiger partial charge >= 0.3 is 0 Å². The Morgan fingerprint density at radius 2 is 2.00 bits per heavy atom. The van der Waals surface area contributed by atoms with Crippen LogP contribution in [-0.4, -0.2) is 65.2 Å². The number of nitrogens with one attached hydrogen (secondary N) is 1. The predicted octanol–water partition coefficient (Wildman–Crippen LogP) is -0.505. The first-order valence-electron chi connectivity index (χ1n) is 7.99. The molecule has 1 aromatic heterocycles. The van der Waals surface area contributed by atoms with Gasteiger partial charge in [-0.3, -0.25) is 0 Å². The number of aliphatic hydroxyl groups is 2. The van der Waals surface area contributed by atoms with Crippen LogP contribution in [0.2, 0.25) is 0 Å². The molecule has 1 fully saturated rings. The average Bonchev–Trinajstić information content (AvgIpc) is 3.01. The Morgan fingerprint density at radius 1 is 1.23 bits per heavy atom. The fourth-order valence-electron chi connectivity index (χ4n) is 2.81. The van der Waals surface area contributed by atoms with E-state index in [1.165, 1.54) is 0 Å². The molecule has 1 aliphatic heterocycles. The van der Waals surface area contributed by atoms with Crippen molar-refractivity contribution in [3.8, 4) is 5.88 Å². The molecule has 0 spiro atoms. The van der Waals surface area contributed by atoms with E-state index < -0.39 is 12.2 Å². The number of aromatic nitrogens is 2. The van der Waals surface area contributed by atoms with Crippen molar-refractivity contribution in [2.75, 3.05) is 37.7 Å². The summed E-state index contributed by atoms with van der Waals surface area (Å²) in [5.74, 6) is 1.28. The Labute approximate surface area is 130 Å². The van der Waals surface area contributed by atoms with Crippen LogP contribution in [0, 0.1) is 0 Å². The van der Waals surface area contributed by atoms with Crippen molar-refractivity contribution in [2.45, 2.75) is 38.4 Å². The number of ether oxygens (including phenoxy) is 1. The van der Waals surface area contributed by atoms with E-state index in [4.69, 9.17) is 9.72 Å². The molecule has 0 unspecified atom stereocenters. The van der Waals surface area contributed by atoms with Gasteiger partial charge in [0.25, 0.3) is 0 Å². The molecule has 0 bridgehead atoms. The van der Waals surface area contributed by atoms with E-state index in [1.807, 2.05) is 0 Å². The van der Waals surface area contributed by atoms with Gasteiger partial charge in [0, 0.05) is 31.7 Å². The van der Waals surface area contributed by atoms with Crippen LogP contribution >= 0.6 is 0 Å². The SMILES string of the molecule is C[C@@H](O)[C@H](O)COc1nc(N2CCNCC2)nc2c1CCC2. The number of fused-ring (bicyclic) bond motifs is 1. The van der Waals surface area contributed by atoms with Crippen LogP contribution < -0.4 is 15.0 Å². The van der Waals surface area contributed by atoms with Crippen LogP contribution in [0.5, 0.6) is 5.88 Å². The molecule has 2 heterocycles. The summed E-state index contributed by atoms with van der Waals surface area (Å²) in [7, 11) is 0. The maximum Gasteiger partial charge on any atom is 0.228 e. The zero-order chi connectivity index (χ0) is 15.5. The van der Waals surface area contributed by atoms with Gasteiger partial charge in [-0.05, 0) is 26.2 Å². The van der Waals surface area contributed by atoms with E-state index in [0.717, 1.165) is 56.7 Å². The number of rotatable bonds is 5. The van der Waals surface area contributed by atoms with E-state index in [1.54, 1.807) is 6.92 Å². The molecule has 22 heavy (non-hydrogen) atoms. The Balaban J connectivity index is 1.80. The van der Waals surface area contributed by atoms with Crippen molar-refractivity contribution in [2.24, 2.45) is 0 Å². The summed E-state index contributed by atoms with van der Waals surface area (Å²) in [6, 6.07) is 0. The van der Waals surface area contributed by atoms with Crippen molar-refractivity contribution < 1.29 is 14.9 Å². The zero-order valence-corrected chi connectivity index (χ0v) is 13.0. The van der Waals surface area contributed by atoms with E-state index in [-0.39, 0.29) is 6.61 Å². The molecule has 1 saturated heterocycles. The van der Waals surface area contributed by atoms with Gasteiger partial charge < -0.3 is 25.2 Å². The fourth-order valence-corrected chi connectivity index (χ4v) is 2.81. The highest BCUT2D eigenvalue weighted by atomic mass is 16.5. The number of hydrogen-bond acceptors (Lipinski definition) is 7. The molecule has 3 N–H and O–H groups in total. The maximum absolute atomic E-state index is 9.72. The topological polar surface area (TPSA) is 90.7 Å². The van der Waals surface area contributed by atoms with Crippen molar-refractivity contribution in [3.63, 3.8) is 0 Å². The number of hydrogen-bond donors (Lipinski definition) is 3. The quantitative estimate of drug-likeness (QED) is 0.675. The van der Waals surface area contributed by atoms with Gasteiger partial charge in [-0.2, -0.15) is 4.98 Å². The molecule has 7 nitrogen and oxygen atoms in total. The second kappa shape index (κ2) is 6.76. The molecule has 0 radical (unpaired) electrons. The third kappa shape index (κ3) is 3.31. The molecule has 1 aliphatic carbocycles. The van der Waals surface area contributed by atoms with Crippen molar-refractivity contribution in [3.05, 3.63) is 11.3 Å². The lowest BCUT2D eigenvalue weighted by Gasteiger charge is -2.28. The van der Waals surface area contributed by atoms with Gasteiger partial charge in [0.2, 0.25) is 11.8 Å². The zero-order valence-electron chi connectivity index (χ0n) is 13.0. The second-order valence-electron chi connectivity index (χ2n) is 5.96. The Bertz CT molecular complexity index is 518. The molecule has 3 rings (SSSR count). The summed E-state index contributed by atoms with van der Waals surface area (Å²) < 4.78 is 5.70. The first-order valence-corrected chi connectivity index (χ1v) is 7.99. The van der Waals surface area contributed by atoms with E-state index in [2.05, 4.69) is 15.2 Å². The smallest absolute Gasteiger partial charge is 0.228 e. The van der Waals surface area contributed by atoms with E-state index >= 15 is 0 Å². The molecular formula is C15H24N4O3. The van der Waals surface area contributed by atoms with Crippen LogP contribution in [0.4, 0.5) is 5.95 Å². The van der Waals surface area contributed by atoms with Gasteiger partial charge in [0.1, 0.15) is 12.7 Å². The molecular weight excluding hydrogens is 284 g/mol. The number of anilines is 1. The first kappa shape index (κ1) is 15.5. The second-order valence-corrected chi connectivity index (χ2v) is 5.96. The number of aliphatic hydroxyl groups excluding tert-OH is 2. The minimum Gasteiger partial charge on any atom is -0.474 e. The highest BCUT2D eigenvalue weighted by molar-refractivity contribution is 5.42. The monoisotopic (exact) mass is 308 g/mol. The summed E-state index contributed by atoms with van der Waals surface area (Å²) in [6.45, 7) is 5.21. The molecule has 1 aromatic rings. The number of nitrogens with zero attached hydrogens (tertiary/aromatic N) is 3. The molecule has 7 heteroatoms. The lowest BCUT2D eigenvalue weighted by Crippen LogP contribution is -2.44. The van der Waals surface area contributed by atoms with Crippen molar-refractivity contribution in [1.29, 1.82) is 0 Å². The Morgan fingerprint density at radius 3 is 2.73 bits per heavy atom. The maximum atomic E-state index is 9.72. The van der Waals surface area contributed by atoms with Crippen LogP contribution in [0.25, 0.3) is 0 Å². The van der Waals surface area contributed by atoms with E-state index in [0.29, 0.717) is 11.8 Å². The van der Waals surface area contributed by atoms with Crippen LogP contribution in [0.1, 0.15) is 24.6 Å². The highest BCUT2D eigenvalue weighted by Gasteiger charge is 2.24. The van der Waals surface area contributed by atoms with Gasteiger partial charge in [0.05, 0.1) is 11.8 Å². The number of piperazine rings is 1. The summed E-state index contributed by atoms with van der Waals surface area (Å²) in [6.07, 6.45) is 1.20. The van der Waals surface area contributed by atoms with Crippen molar-refractivity contribution >= 4 is 5.95 Å². The third-order valence-electron chi connectivity index (χ3n) is 4.23. The van der Waals surface area contributed by atoms with E-state index in [9.17, 15) is 10.2 Å². The lowest BCUT2D eigenvalue weighted by atomic mass is 10.2. The van der Waals surface area contributed by atoms with Gasteiger partial charge in [-0.1, -0.05) is 0 Å². The minimum atomic E-state index is -0.908. The normalized spacial score (nSPS) is 20.6. The van der Waals surface area contributed by atoms with Crippen LogP contribution in [-0.2, 0) is 12.8 Å². The third-order valence-corrected chi connectivity index (χ3v) is 4.23. The van der Waals surface area contributed by atoms with Gasteiger partial charge in [-0.15, -0.1) is 0 Å². The lowest BCUT2D eigenvalue weighted by molar-refractivity contribution is 0.00110. The molecule has 2 atom stereocenters. The molecule has 122 valence electrons. The number of aryl methyl sites for hydroxylation is 1. The fraction of sp³-hybridized carbons (Fsp3) is 0.733. The highest BCUT2D eigenvalue weighted by Crippen LogP contribution is 2.30. The molecule has 0 aromatic carbocycles. The first-order chi connectivity index (χ1) is 10.6. The summed E-state index contributed by atoms with van der Waals surface area (Å²) in [5.41, 5.74) is 2.11. The van der Waals surface area contributed by atoms with Gasteiger partial charge in [-0.25, -0.2) is 4.98 Å². The molecule has 0 amide bonds. The standard InChI is InChI=1S/C15H24N4O3/c1-10(20)13(21)9-22-14-11-3-2-4-12(11)17-15(18-14)19-7-5-16-6-8-19/h10,13,16,20-21H,2-9H2,1H3/t10-,13-/m1/s1. The van der Waals surface area contributed by atoms with Crippen LogP contribution in [0.15, 0.2) is 0 Å². The molecule has 2 aliphatic rings. The summed E-state index contributed by atoms with van der Waals surface area (Å²) in [4.78, 5) is 11.4. The Hall–Kier alpha value is -1.44. The Kier molecular flexibility index (Phi) is 4.75.